The van der Waals surface area contributed by atoms with Crippen LogP contribution in [-0.4, -0.2) is 13.1 Å². The van der Waals surface area contributed by atoms with Crippen molar-refractivity contribution in [1.29, 1.82) is 0 Å². The molecule has 1 aromatic heterocycles. The molecule has 0 N–H and O–H groups in total. The maximum atomic E-state index is 11.1. The van der Waals surface area contributed by atoms with Crippen LogP contribution in [0.4, 0.5) is 0 Å². The Morgan fingerprint density at radius 3 is 2.83 bits per heavy atom. The number of carbonyl (C=O) groups is 1. The van der Waals surface area contributed by atoms with Crippen LogP contribution >= 0.6 is 15.9 Å². The van der Waals surface area contributed by atoms with E-state index in [1.54, 1.807) is 13.0 Å². The fraction of sp³-hybridized carbons (Fsp3) is 0.375. The zero-order valence-electron chi connectivity index (χ0n) is 6.83. The smallest absolute Gasteiger partial charge is 0.316 e. The Morgan fingerprint density at radius 1 is 1.75 bits per heavy atom. The quantitative estimate of drug-likeness (QED) is 0.736. The van der Waals surface area contributed by atoms with E-state index in [0.717, 1.165) is 4.47 Å². The Bertz CT molecular complexity index is 280. The van der Waals surface area contributed by atoms with Crippen molar-refractivity contribution in [3.05, 3.63) is 22.6 Å². The number of carbonyl (C=O) groups excluding carboxylic acids is 1. The van der Waals surface area contributed by atoms with Gasteiger partial charge < -0.3 is 9.15 Å². The van der Waals surface area contributed by atoms with Crippen molar-refractivity contribution in [1.82, 2.24) is 0 Å². The van der Waals surface area contributed by atoms with Gasteiger partial charge in [0.25, 0.3) is 0 Å². The standard InChI is InChI=1S/C8H9BrO3/c1-5(8(10)11-2)7-6(9)3-4-12-7/h3-5H,1-2H3. The molecule has 1 rings (SSSR count). The van der Waals surface area contributed by atoms with E-state index in [9.17, 15) is 4.79 Å². The monoisotopic (exact) mass is 232 g/mol. The summed E-state index contributed by atoms with van der Waals surface area (Å²) in [6, 6.07) is 1.74. The second kappa shape index (κ2) is 3.76. The first-order valence-corrected chi connectivity index (χ1v) is 4.27. The molecule has 0 saturated heterocycles. The Morgan fingerprint density at radius 2 is 2.42 bits per heavy atom. The molecule has 0 amide bonds. The molecule has 0 radical (unpaired) electrons. The highest BCUT2D eigenvalue weighted by atomic mass is 79.9. The lowest BCUT2D eigenvalue weighted by atomic mass is 10.1. The Labute approximate surface area is 78.8 Å². The molecule has 0 spiro atoms. The molecule has 0 aliphatic heterocycles. The molecule has 0 bridgehead atoms. The second-order valence-corrected chi connectivity index (χ2v) is 3.23. The molecule has 12 heavy (non-hydrogen) atoms. The number of furan rings is 1. The van der Waals surface area contributed by atoms with Crippen LogP contribution in [-0.2, 0) is 9.53 Å². The van der Waals surface area contributed by atoms with Gasteiger partial charge in [-0.1, -0.05) is 0 Å². The minimum atomic E-state index is -0.362. The SMILES string of the molecule is COC(=O)C(C)c1occc1Br. The van der Waals surface area contributed by atoms with Crippen LogP contribution in [0.3, 0.4) is 0 Å². The molecule has 1 unspecified atom stereocenters. The highest BCUT2D eigenvalue weighted by Crippen LogP contribution is 2.26. The summed E-state index contributed by atoms with van der Waals surface area (Å²) < 4.78 is 10.5. The highest BCUT2D eigenvalue weighted by Gasteiger charge is 2.20. The van der Waals surface area contributed by atoms with Gasteiger partial charge in [0.2, 0.25) is 0 Å². The summed E-state index contributed by atoms with van der Waals surface area (Å²) in [6.07, 6.45) is 1.53. The van der Waals surface area contributed by atoms with Gasteiger partial charge in [-0.3, -0.25) is 4.79 Å². The third-order valence-electron chi connectivity index (χ3n) is 1.59. The zero-order chi connectivity index (χ0) is 9.14. The third kappa shape index (κ3) is 1.69. The Kier molecular flexibility index (Phi) is 2.92. The van der Waals surface area contributed by atoms with Crippen molar-refractivity contribution in [3.63, 3.8) is 0 Å². The molecule has 1 aromatic rings. The maximum Gasteiger partial charge on any atom is 0.316 e. The molecule has 1 heterocycles. The summed E-state index contributed by atoms with van der Waals surface area (Å²) >= 11 is 3.26. The summed E-state index contributed by atoms with van der Waals surface area (Å²) in [5.74, 6) is -0.0631. The number of ether oxygens (including phenoxy) is 1. The number of methoxy groups -OCH3 is 1. The van der Waals surface area contributed by atoms with Gasteiger partial charge in [0, 0.05) is 0 Å². The molecule has 4 heteroatoms. The van der Waals surface area contributed by atoms with E-state index >= 15 is 0 Å². The minimum Gasteiger partial charge on any atom is -0.468 e. The molecular weight excluding hydrogens is 224 g/mol. The van der Waals surface area contributed by atoms with Crippen LogP contribution in [0.1, 0.15) is 18.6 Å². The largest absolute Gasteiger partial charge is 0.468 e. The van der Waals surface area contributed by atoms with E-state index in [2.05, 4.69) is 20.7 Å². The molecule has 3 nitrogen and oxygen atoms in total. The topological polar surface area (TPSA) is 39.4 Å². The van der Waals surface area contributed by atoms with Crippen molar-refractivity contribution in [3.8, 4) is 0 Å². The first kappa shape index (κ1) is 9.32. The van der Waals surface area contributed by atoms with E-state index in [1.807, 2.05) is 0 Å². The van der Waals surface area contributed by atoms with Gasteiger partial charge in [-0.2, -0.15) is 0 Å². The summed E-state index contributed by atoms with van der Waals surface area (Å²) in [7, 11) is 1.36. The number of rotatable bonds is 2. The summed E-state index contributed by atoms with van der Waals surface area (Å²) in [5, 5.41) is 0. The summed E-state index contributed by atoms with van der Waals surface area (Å²) in [5.41, 5.74) is 0. The van der Waals surface area contributed by atoms with Crippen molar-refractivity contribution < 1.29 is 13.9 Å². The summed E-state index contributed by atoms with van der Waals surface area (Å²) in [4.78, 5) is 11.1. The van der Waals surface area contributed by atoms with Gasteiger partial charge in [-0.15, -0.1) is 0 Å². The predicted molar refractivity (Wildman–Crippen MR) is 46.8 cm³/mol. The molecule has 0 fully saturated rings. The molecule has 0 aliphatic carbocycles. The molecule has 1 atom stereocenters. The lowest BCUT2D eigenvalue weighted by Gasteiger charge is -2.05. The first-order chi connectivity index (χ1) is 5.66. The zero-order valence-corrected chi connectivity index (χ0v) is 8.42. The van der Waals surface area contributed by atoms with Gasteiger partial charge in [0.15, 0.2) is 0 Å². The second-order valence-electron chi connectivity index (χ2n) is 2.38. The minimum absolute atomic E-state index is 0.300. The van der Waals surface area contributed by atoms with Crippen LogP contribution in [0.25, 0.3) is 0 Å². The molecule has 66 valence electrons. The normalized spacial score (nSPS) is 12.6. The van der Waals surface area contributed by atoms with Crippen molar-refractivity contribution >= 4 is 21.9 Å². The van der Waals surface area contributed by atoms with Gasteiger partial charge in [0.1, 0.15) is 11.7 Å². The molecule has 0 saturated carbocycles. The van der Waals surface area contributed by atoms with E-state index in [4.69, 9.17) is 4.42 Å². The van der Waals surface area contributed by atoms with Crippen LogP contribution in [0.15, 0.2) is 21.2 Å². The Hall–Kier alpha value is -0.770. The van der Waals surface area contributed by atoms with E-state index in [0.29, 0.717) is 5.76 Å². The number of hydrogen-bond donors (Lipinski definition) is 0. The molecule has 0 aromatic carbocycles. The van der Waals surface area contributed by atoms with Crippen molar-refractivity contribution in [2.75, 3.05) is 7.11 Å². The van der Waals surface area contributed by atoms with Gasteiger partial charge in [0.05, 0.1) is 17.8 Å². The third-order valence-corrected chi connectivity index (χ3v) is 2.25. The van der Waals surface area contributed by atoms with Crippen LogP contribution < -0.4 is 0 Å². The van der Waals surface area contributed by atoms with Crippen molar-refractivity contribution in [2.24, 2.45) is 0 Å². The number of hydrogen-bond acceptors (Lipinski definition) is 3. The van der Waals surface area contributed by atoms with E-state index in [1.165, 1.54) is 13.4 Å². The maximum absolute atomic E-state index is 11.1. The fourth-order valence-corrected chi connectivity index (χ4v) is 1.44. The van der Waals surface area contributed by atoms with Gasteiger partial charge in [-0.05, 0) is 28.9 Å². The van der Waals surface area contributed by atoms with Crippen molar-refractivity contribution in [2.45, 2.75) is 12.8 Å². The van der Waals surface area contributed by atoms with Crippen LogP contribution in [0.2, 0.25) is 0 Å². The highest BCUT2D eigenvalue weighted by molar-refractivity contribution is 9.10. The molecule has 0 aliphatic rings. The Balaban J connectivity index is 2.84. The average molecular weight is 233 g/mol. The number of esters is 1. The van der Waals surface area contributed by atoms with Crippen LogP contribution in [0, 0.1) is 0 Å². The van der Waals surface area contributed by atoms with Gasteiger partial charge >= 0.3 is 5.97 Å². The predicted octanol–water partition coefficient (Wildman–Crippen LogP) is 2.32. The lowest BCUT2D eigenvalue weighted by molar-refractivity contribution is -0.142. The lowest BCUT2D eigenvalue weighted by Crippen LogP contribution is -2.10. The summed E-state index contributed by atoms with van der Waals surface area (Å²) in [6.45, 7) is 1.73. The average Bonchev–Trinajstić information content (AvgIpc) is 2.48. The van der Waals surface area contributed by atoms with Crippen LogP contribution in [0.5, 0.6) is 0 Å². The van der Waals surface area contributed by atoms with E-state index < -0.39 is 0 Å². The molecular formula is C8H9BrO3. The number of halogens is 1. The van der Waals surface area contributed by atoms with Gasteiger partial charge in [-0.25, -0.2) is 0 Å². The fourth-order valence-electron chi connectivity index (χ4n) is 0.898. The van der Waals surface area contributed by atoms with E-state index in [-0.39, 0.29) is 11.9 Å². The first-order valence-electron chi connectivity index (χ1n) is 3.47.